The third-order valence-electron chi connectivity index (χ3n) is 4.10. The lowest BCUT2D eigenvalue weighted by Crippen LogP contribution is -2.42. The summed E-state index contributed by atoms with van der Waals surface area (Å²) >= 11 is 6.13. The summed E-state index contributed by atoms with van der Waals surface area (Å²) in [5, 5.41) is 11.0. The Morgan fingerprint density at radius 1 is 1.39 bits per heavy atom. The van der Waals surface area contributed by atoms with Crippen LogP contribution >= 0.6 is 11.6 Å². The molecule has 5 heteroatoms. The van der Waals surface area contributed by atoms with Crippen LogP contribution in [0.5, 0.6) is 11.5 Å². The Morgan fingerprint density at radius 2 is 2.17 bits per heavy atom. The van der Waals surface area contributed by atoms with Crippen molar-refractivity contribution in [1.29, 1.82) is 0 Å². The van der Waals surface area contributed by atoms with Crippen molar-refractivity contribution in [3.63, 3.8) is 0 Å². The van der Waals surface area contributed by atoms with Gasteiger partial charge in [0.25, 0.3) is 0 Å². The van der Waals surface area contributed by atoms with Gasteiger partial charge in [0, 0.05) is 12.0 Å². The van der Waals surface area contributed by atoms with Gasteiger partial charge in [0.1, 0.15) is 0 Å². The molecule has 1 aromatic rings. The normalized spacial score (nSPS) is 21.5. The van der Waals surface area contributed by atoms with E-state index in [1.165, 1.54) is 0 Å². The monoisotopic (exact) mass is 269 g/mol. The molecule has 1 fully saturated rings. The highest BCUT2D eigenvalue weighted by Crippen LogP contribution is 2.51. The van der Waals surface area contributed by atoms with Gasteiger partial charge < -0.3 is 20.3 Å². The van der Waals surface area contributed by atoms with Crippen LogP contribution in [0.1, 0.15) is 30.9 Å². The van der Waals surface area contributed by atoms with Gasteiger partial charge in [-0.25, -0.2) is 0 Å². The number of fused-ring (bicyclic) bond motifs is 1. The molecule has 0 aromatic heterocycles. The molecule has 0 spiro atoms. The van der Waals surface area contributed by atoms with Crippen molar-refractivity contribution in [2.24, 2.45) is 11.1 Å². The Bertz CT molecular complexity index is 468. The molecule has 0 bridgehead atoms. The van der Waals surface area contributed by atoms with E-state index >= 15 is 0 Å². The molecule has 0 saturated heterocycles. The molecular weight excluding hydrogens is 254 g/mol. The number of hydrogen-bond acceptors (Lipinski definition) is 4. The first-order valence-electron chi connectivity index (χ1n) is 6.13. The maximum absolute atomic E-state index is 10.5. The van der Waals surface area contributed by atoms with Crippen molar-refractivity contribution in [2.75, 3.05) is 13.3 Å². The topological polar surface area (TPSA) is 64.7 Å². The number of benzene rings is 1. The van der Waals surface area contributed by atoms with Crippen LogP contribution in [0.2, 0.25) is 5.02 Å². The number of rotatable bonds is 3. The standard InChI is InChI=1S/C13H16ClNO3/c14-9-4-8(5-10-11(9)18-7-17-10)12(16)13(6-15)2-1-3-13/h4-5,12,16H,1-3,6-7,15H2. The van der Waals surface area contributed by atoms with Gasteiger partial charge in [-0.15, -0.1) is 0 Å². The molecule has 1 atom stereocenters. The molecule has 1 saturated carbocycles. The lowest BCUT2D eigenvalue weighted by molar-refractivity contribution is -0.0297. The van der Waals surface area contributed by atoms with Crippen LogP contribution in [-0.4, -0.2) is 18.4 Å². The second-order valence-electron chi connectivity index (χ2n) is 5.06. The summed E-state index contributed by atoms with van der Waals surface area (Å²) in [5.41, 5.74) is 6.37. The zero-order valence-corrected chi connectivity index (χ0v) is 10.7. The van der Waals surface area contributed by atoms with Crippen LogP contribution in [0.25, 0.3) is 0 Å². The smallest absolute Gasteiger partial charge is 0.231 e. The number of hydrogen-bond donors (Lipinski definition) is 2. The van der Waals surface area contributed by atoms with Gasteiger partial charge >= 0.3 is 0 Å². The van der Waals surface area contributed by atoms with E-state index in [0.717, 1.165) is 24.8 Å². The van der Waals surface area contributed by atoms with Crippen molar-refractivity contribution >= 4 is 11.6 Å². The largest absolute Gasteiger partial charge is 0.454 e. The van der Waals surface area contributed by atoms with Gasteiger partial charge in [0.15, 0.2) is 11.5 Å². The van der Waals surface area contributed by atoms with Crippen molar-refractivity contribution in [2.45, 2.75) is 25.4 Å². The predicted molar refractivity (Wildman–Crippen MR) is 67.9 cm³/mol. The molecule has 4 nitrogen and oxygen atoms in total. The third kappa shape index (κ3) is 1.67. The van der Waals surface area contributed by atoms with Gasteiger partial charge in [-0.3, -0.25) is 0 Å². The molecule has 0 amide bonds. The second-order valence-corrected chi connectivity index (χ2v) is 5.47. The van der Waals surface area contributed by atoms with Gasteiger partial charge in [-0.1, -0.05) is 18.0 Å². The predicted octanol–water partition coefficient (Wildman–Crippen LogP) is 2.23. The molecule has 3 rings (SSSR count). The Labute approximate surface area is 111 Å². The summed E-state index contributed by atoms with van der Waals surface area (Å²) in [4.78, 5) is 0. The Hall–Kier alpha value is -0.970. The average molecular weight is 270 g/mol. The minimum atomic E-state index is -0.594. The van der Waals surface area contributed by atoms with E-state index in [1.54, 1.807) is 12.1 Å². The molecular formula is C13H16ClNO3. The second kappa shape index (κ2) is 4.30. The number of nitrogens with two attached hydrogens (primary N) is 1. The fraction of sp³-hybridized carbons (Fsp3) is 0.538. The molecule has 1 aliphatic carbocycles. The fourth-order valence-electron chi connectivity index (χ4n) is 2.72. The number of ether oxygens (including phenoxy) is 2. The van der Waals surface area contributed by atoms with Crippen LogP contribution < -0.4 is 15.2 Å². The summed E-state index contributed by atoms with van der Waals surface area (Å²) in [6.07, 6.45) is 2.43. The zero-order valence-electron chi connectivity index (χ0n) is 9.99. The summed E-state index contributed by atoms with van der Waals surface area (Å²) in [7, 11) is 0. The molecule has 3 N–H and O–H groups in total. The summed E-state index contributed by atoms with van der Waals surface area (Å²) < 4.78 is 10.6. The number of aliphatic hydroxyl groups is 1. The first-order valence-corrected chi connectivity index (χ1v) is 6.51. The van der Waals surface area contributed by atoms with E-state index in [0.29, 0.717) is 23.1 Å². The van der Waals surface area contributed by atoms with Gasteiger partial charge in [0.05, 0.1) is 11.1 Å². The quantitative estimate of drug-likeness (QED) is 0.883. The molecule has 18 heavy (non-hydrogen) atoms. The van der Waals surface area contributed by atoms with Crippen LogP contribution in [0.3, 0.4) is 0 Å². The first-order chi connectivity index (χ1) is 8.66. The van der Waals surface area contributed by atoms with E-state index in [4.69, 9.17) is 26.8 Å². The van der Waals surface area contributed by atoms with Crippen molar-refractivity contribution in [3.05, 3.63) is 22.7 Å². The Kier molecular flexibility index (Phi) is 2.88. The van der Waals surface area contributed by atoms with Crippen molar-refractivity contribution < 1.29 is 14.6 Å². The van der Waals surface area contributed by atoms with Crippen LogP contribution in [0.15, 0.2) is 12.1 Å². The minimum absolute atomic E-state index is 0.177. The number of halogens is 1. The van der Waals surface area contributed by atoms with Gasteiger partial charge in [-0.2, -0.15) is 0 Å². The van der Waals surface area contributed by atoms with E-state index in [-0.39, 0.29) is 12.2 Å². The van der Waals surface area contributed by atoms with Crippen LogP contribution in [-0.2, 0) is 0 Å². The highest BCUT2D eigenvalue weighted by atomic mass is 35.5. The first kappa shape index (κ1) is 12.1. The maximum Gasteiger partial charge on any atom is 0.231 e. The lowest BCUT2D eigenvalue weighted by atomic mass is 9.63. The molecule has 98 valence electrons. The van der Waals surface area contributed by atoms with Crippen molar-refractivity contribution in [3.8, 4) is 11.5 Å². The molecule has 1 aromatic carbocycles. The van der Waals surface area contributed by atoms with Crippen molar-refractivity contribution in [1.82, 2.24) is 0 Å². The van der Waals surface area contributed by atoms with Gasteiger partial charge in [-0.05, 0) is 30.5 Å². The molecule has 0 radical (unpaired) electrons. The maximum atomic E-state index is 10.5. The lowest BCUT2D eigenvalue weighted by Gasteiger charge is -2.44. The Morgan fingerprint density at radius 3 is 2.78 bits per heavy atom. The van der Waals surface area contributed by atoms with E-state index < -0.39 is 6.10 Å². The zero-order chi connectivity index (χ0) is 12.8. The van der Waals surface area contributed by atoms with E-state index in [9.17, 15) is 5.11 Å². The molecule has 1 aliphatic heterocycles. The molecule has 1 heterocycles. The van der Waals surface area contributed by atoms with Crippen LogP contribution in [0.4, 0.5) is 0 Å². The van der Waals surface area contributed by atoms with E-state index in [1.807, 2.05) is 0 Å². The molecule has 2 aliphatic rings. The highest BCUT2D eigenvalue weighted by Gasteiger charge is 2.43. The highest BCUT2D eigenvalue weighted by molar-refractivity contribution is 6.32. The minimum Gasteiger partial charge on any atom is -0.454 e. The van der Waals surface area contributed by atoms with Crippen LogP contribution in [0, 0.1) is 5.41 Å². The summed E-state index contributed by atoms with van der Waals surface area (Å²) in [6.45, 7) is 0.664. The SMILES string of the molecule is NCC1(C(O)c2cc(Cl)c3c(c2)OCO3)CCC1. The van der Waals surface area contributed by atoms with E-state index in [2.05, 4.69) is 0 Å². The summed E-state index contributed by atoms with van der Waals surface area (Å²) in [5.74, 6) is 1.16. The third-order valence-corrected chi connectivity index (χ3v) is 4.38. The number of aliphatic hydroxyl groups excluding tert-OH is 1. The molecule has 1 unspecified atom stereocenters. The summed E-state index contributed by atoms with van der Waals surface area (Å²) in [6, 6.07) is 3.55. The Balaban J connectivity index is 1.95. The average Bonchev–Trinajstić information content (AvgIpc) is 2.76. The van der Waals surface area contributed by atoms with Gasteiger partial charge in [0.2, 0.25) is 6.79 Å². The fourth-order valence-corrected chi connectivity index (χ4v) is 2.99.